The maximum Gasteiger partial charge on any atom is 0.274 e. The van der Waals surface area contributed by atoms with Crippen LogP contribution < -0.4 is 21.1 Å². The first-order valence-corrected chi connectivity index (χ1v) is 10.5. The number of nitro benzene ring substituents is 1. The Morgan fingerprint density at radius 2 is 2.09 bits per heavy atom. The summed E-state index contributed by atoms with van der Waals surface area (Å²) in [6.45, 7) is 4.39. The molecule has 1 fully saturated rings. The Morgan fingerprint density at radius 3 is 2.81 bits per heavy atom. The van der Waals surface area contributed by atoms with E-state index < -0.39 is 28.2 Å². The van der Waals surface area contributed by atoms with E-state index in [4.69, 9.17) is 0 Å². The highest BCUT2D eigenvalue weighted by atomic mass is 16.6. The molecule has 4 rings (SSSR count). The summed E-state index contributed by atoms with van der Waals surface area (Å²) in [7, 11) is 0. The van der Waals surface area contributed by atoms with Gasteiger partial charge < -0.3 is 15.5 Å². The lowest BCUT2D eigenvalue weighted by Crippen LogP contribution is -2.42. The molecule has 0 unspecified atom stereocenters. The van der Waals surface area contributed by atoms with Gasteiger partial charge in [0.25, 0.3) is 11.2 Å². The van der Waals surface area contributed by atoms with Crippen molar-refractivity contribution in [1.29, 1.82) is 0 Å². The molecule has 2 aliphatic rings. The van der Waals surface area contributed by atoms with Crippen LogP contribution in [0.3, 0.4) is 0 Å². The molecule has 3 heterocycles. The fraction of sp³-hybridized carbons (Fsp3) is 0.429. The van der Waals surface area contributed by atoms with Gasteiger partial charge in [-0.05, 0) is 39.2 Å². The second kappa shape index (κ2) is 8.40. The summed E-state index contributed by atoms with van der Waals surface area (Å²) < 4.78 is 0. The fourth-order valence-corrected chi connectivity index (χ4v) is 4.25. The van der Waals surface area contributed by atoms with Crippen LogP contribution in [0, 0.1) is 17.0 Å². The van der Waals surface area contributed by atoms with Crippen LogP contribution in [0.5, 0.6) is 0 Å². The number of anilines is 3. The Bertz CT molecular complexity index is 1160. The minimum Gasteiger partial charge on any atom is -0.340 e. The van der Waals surface area contributed by atoms with Gasteiger partial charge in [-0.25, -0.2) is 0 Å². The van der Waals surface area contributed by atoms with Crippen molar-refractivity contribution in [3.05, 3.63) is 49.8 Å². The van der Waals surface area contributed by atoms with E-state index in [2.05, 4.69) is 20.6 Å². The van der Waals surface area contributed by atoms with Gasteiger partial charge >= 0.3 is 0 Å². The highest BCUT2D eigenvalue weighted by molar-refractivity contribution is 6.04. The monoisotopic (exact) mass is 440 g/mol. The first-order valence-electron chi connectivity index (χ1n) is 10.5. The molecular weight excluding hydrogens is 416 g/mol. The van der Waals surface area contributed by atoms with Crippen LogP contribution in [0.2, 0.25) is 0 Å². The van der Waals surface area contributed by atoms with E-state index in [1.54, 1.807) is 6.92 Å². The lowest BCUT2D eigenvalue weighted by atomic mass is 9.92. The van der Waals surface area contributed by atoms with Gasteiger partial charge in [0.15, 0.2) is 0 Å². The zero-order chi connectivity index (χ0) is 23.0. The molecular formula is C21H24N6O5. The Labute approximate surface area is 183 Å². The molecule has 0 saturated carbocycles. The summed E-state index contributed by atoms with van der Waals surface area (Å²) in [5, 5.41) is 16.4. The van der Waals surface area contributed by atoms with E-state index in [0.29, 0.717) is 11.5 Å². The average Bonchev–Trinajstić information content (AvgIpc) is 2.74. The Hall–Kier alpha value is -3.76. The third-order valence-corrected chi connectivity index (χ3v) is 6.00. The number of nitrogens with zero attached hydrogens (tertiary/aromatic N) is 3. The Morgan fingerprint density at radius 1 is 1.31 bits per heavy atom. The van der Waals surface area contributed by atoms with Gasteiger partial charge in [-0.3, -0.25) is 29.5 Å². The smallest absolute Gasteiger partial charge is 0.274 e. The summed E-state index contributed by atoms with van der Waals surface area (Å²) in [4.78, 5) is 58.1. The molecule has 11 nitrogen and oxygen atoms in total. The summed E-state index contributed by atoms with van der Waals surface area (Å²) >= 11 is 0. The van der Waals surface area contributed by atoms with Gasteiger partial charge in [0.1, 0.15) is 5.82 Å². The average molecular weight is 440 g/mol. The molecule has 32 heavy (non-hydrogen) atoms. The van der Waals surface area contributed by atoms with Crippen molar-refractivity contribution in [2.45, 2.75) is 51.5 Å². The molecule has 0 aliphatic carbocycles. The normalized spacial score (nSPS) is 20.3. The third kappa shape index (κ3) is 4.05. The van der Waals surface area contributed by atoms with Gasteiger partial charge in [-0.2, -0.15) is 4.98 Å². The number of nitrogens with one attached hydrogen (secondary N) is 3. The zero-order valence-electron chi connectivity index (χ0n) is 17.8. The first-order chi connectivity index (χ1) is 15.2. The lowest BCUT2D eigenvalue weighted by Gasteiger charge is -2.34. The second-order valence-corrected chi connectivity index (χ2v) is 8.24. The summed E-state index contributed by atoms with van der Waals surface area (Å²) in [5.74, 6) is -1.65. The minimum atomic E-state index is -1.07. The number of aromatic nitrogens is 2. The predicted octanol–water partition coefficient (Wildman–Crippen LogP) is 2.43. The van der Waals surface area contributed by atoms with Crippen molar-refractivity contribution in [2.75, 3.05) is 22.1 Å². The number of amides is 2. The molecule has 168 valence electrons. The number of piperidine rings is 1. The molecule has 2 amide bonds. The van der Waals surface area contributed by atoms with Gasteiger partial charge in [0.05, 0.1) is 16.4 Å². The molecule has 2 atom stereocenters. The molecule has 3 N–H and O–H groups in total. The summed E-state index contributed by atoms with van der Waals surface area (Å²) in [5.41, 5.74) is 0.123. The van der Waals surface area contributed by atoms with Gasteiger partial charge in [0.2, 0.25) is 17.8 Å². The number of aryl methyl sites for hydroxylation is 1. The van der Waals surface area contributed by atoms with Gasteiger partial charge in [0, 0.05) is 36.3 Å². The van der Waals surface area contributed by atoms with Crippen molar-refractivity contribution in [3.8, 4) is 0 Å². The number of H-pyrrole nitrogens is 1. The van der Waals surface area contributed by atoms with Crippen LogP contribution in [0.15, 0.2) is 23.0 Å². The molecule has 0 spiro atoms. The fourth-order valence-electron chi connectivity index (χ4n) is 4.25. The summed E-state index contributed by atoms with van der Waals surface area (Å²) in [6, 6.07) is 4.50. The quantitative estimate of drug-likeness (QED) is 0.488. The van der Waals surface area contributed by atoms with Crippen LogP contribution in [0.4, 0.5) is 23.1 Å². The maximum absolute atomic E-state index is 13.0. The number of hydrogen-bond donors (Lipinski definition) is 3. The molecule has 2 aromatic rings. The van der Waals surface area contributed by atoms with E-state index in [1.807, 2.05) is 11.8 Å². The van der Waals surface area contributed by atoms with Crippen molar-refractivity contribution in [1.82, 2.24) is 9.97 Å². The highest BCUT2D eigenvalue weighted by Crippen LogP contribution is 2.32. The number of rotatable bonds is 4. The molecule has 1 saturated heterocycles. The van der Waals surface area contributed by atoms with E-state index in [-0.39, 0.29) is 35.2 Å². The number of carbonyl (C=O) groups excluding carboxylic acids is 2. The number of benzene rings is 1. The van der Waals surface area contributed by atoms with E-state index >= 15 is 0 Å². The van der Waals surface area contributed by atoms with Gasteiger partial charge in [-0.15, -0.1) is 0 Å². The van der Waals surface area contributed by atoms with E-state index in [9.17, 15) is 24.5 Å². The van der Waals surface area contributed by atoms with Crippen molar-refractivity contribution in [3.63, 3.8) is 0 Å². The molecule has 11 heteroatoms. The molecule has 1 aromatic carbocycles. The standard InChI is InChI=1S/C21H24N6O5/c1-11-6-7-13(9-15(11)27(31)32)22-19(29)14-10-16(28)23-18-17(14)20(30)25-21(24-18)26-8-4-3-5-12(26)2/h6-7,9,12,14H,3-5,8,10H2,1-2H3,(H,22,29)(H2,23,24,25,28,30)/t12-,14+/m0/s1. The Kier molecular flexibility index (Phi) is 5.64. The maximum atomic E-state index is 13.0. The molecule has 0 radical (unpaired) electrons. The number of hydrogen-bond acceptors (Lipinski definition) is 7. The number of carbonyl (C=O) groups is 2. The lowest BCUT2D eigenvalue weighted by molar-refractivity contribution is -0.385. The Balaban J connectivity index is 1.65. The topological polar surface area (TPSA) is 150 Å². The number of fused-ring (bicyclic) bond motifs is 1. The third-order valence-electron chi connectivity index (χ3n) is 6.00. The molecule has 0 bridgehead atoms. The van der Waals surface area contributed by atoms with Crippen LogP contribution in [0.1, 0.15) is 49.7 Å². The van der Waals surface area contributed by atoms with E-state index in [0.717, 1.165) is 25.8 Å². The van der Waals surface area contributed by atoms with Crippen LogP contribution in [-0.4, -0.2) is 39.3 Å². The largest absolute Gasteiger partial charge is 0.340 e. The SMILES string of the molecule is Cc1ccc(NC(=O)[C@@H]2CC(=O)Nc3nc(N4CCCC[C@@H]4C)[nH]c(=O)c32)cc1[N+](=O)[O-]. The van der Waals surface area contributed by atoms with E-state index in [1.165, 1.54) is 18.2 Å². The summed E-state index contributed by atoms with van der Waals surface area (Å²) in [6.07, 6.45) is 2.83. The minimum absolute atomic E-state index is 0.0767. The molecule has 1 aromatic heterocycles. The van der Waals surface area contributed by atoms with Crippen LogP contribution in [0.25, 0.3) is 0 Å². The first kappa shape index (κ1) is 21.5. The number of nitro groups is 1. The second-order valence-electron chi connectivity index (χ2n) is 8.24. The van der Waals surface area contributed by atoms with Crippen LogP contribution in [-0.2, 0) is 9.59 Å². The predicted molar refractivity (Wildman–Crippen MR) is 118 cm³/mol. The highest BCUT2D eigenvalue weighted by Gasteiger charge is 2.35. The van der Waals surface area contributed by atoms with Crippen LogP contribution >= 0.6 is 0 Å². The van der Waals surface area contributed by atoms with Crippen molar-refractivity contribution >= 4 is 35.0 Å². The molecule has 2 aliphatic heterocycles. The zero-order valence-corrected chi connectivity index (χ0v) is 17.8. The van der Waals surface area contributed by atoms with Crippen molar-refractivity contribution in [2.24, 2.45) is 0 Å². The number of aromatic amines is 1. The van der Waals surface area contributed by atoms with Crippen molar-refractivity contribution < 1.29 is 14.5 Å². The van der Waals surface area contributed by atoms with Gasteiger partial charge in [-0.1, -0.05) is 6.07 Å².